The van der Waals surface area contributed by atoms with Gasteiger partial charge < -0.3 is 9.80 Å². The second-order valence-corrected chi connectivity index (χ2v) is 4.13. The van der Waals surface area contributed by atoms with E-state index in [1.165, 1.54) is 0 Å². The maximum atomic E-state index is 7.44. The van der Waals surface area contributed by atoms with Crippen molar-refractivity contribution in [2.24, 2.45) is 0 Å². The van der Waals surface area contributed by atoms with Gasteiger partial charge in [0.2, 0.25) is 0 Å². The minimum Gasteiger partial charge on any atom is -0.361 e. The van der Waals surface area contributed by atoms with E-state index >= 15 is 0 Å². The van der Waals surface area contributed by atoms with Gasteiger partial charge in [-0.05, 0) is 7.05 Å². The van der Waals surface area contributed by atoms with Crippen LogP contribution >= 0.6 is 0 Å². The number of hydrogen-bond donors (Lipinski definition) is 1. The van der Waals surface area contributed by atoms with Crippen molar-refractivity contribution in [2.75, 3.05) is 33.2 Å². The first-order valence-corrected chi connectivity index (χ1v) is 5.60. The Hall–Kier alpha value is -1.57. The number of rotatable bonds is 2. The summed E-state index contributed by atoms with van der Waals surface area (Å²) >= 11 is 0. The van der Waals surface area contributed by atoms with Gasteiger partial charge in [-0.15, -0.1) is 0 Å². The summed E-state index contributed by atoms with van der Waals surface area (Å²) in [6.07, 6.45) is 0. The molecule has 0 saturated carbocycles. The fourth-order valence-corrected chi connectivity index (χ4v) is 1.96. The van der Waals surface area contributed by atoms with Crippen molar-refractivity contribution in [2.45, 2.75) is 0 Å². The highest BCUT2D eigenvalue weighted by Gasteiger charge is 2.17. The molecule has 0 spiro atoms. The van der Waals surface area contributed by atoms with Gasteiger partial charge in [-0.2, -0.15) is 0 Å². The minimum atomic E-state index is 0.911. The molecule has 0 unspecified atom stereocenters. The molecule has 0 radical (unpaired) electrons. The maximum absolute atomic E-state index is 7.44. The first-order valence-electron chi connectivity index (χ1n) is 5.60. The molecule has 3 nitrogen and oxygen atoms in total. The summed E-state index contributed by atoms with van der Waals surface area (Å²) in [6.45, 7) is 4.06. The van der Waals surface area contributed by atoms with E-state index in [0.29, 0.717) is 0 Å². The van der Waals surface area contributed by atoms with Crippen LogP contribution in [0.3, 0.4) is 0 Å². The van der Waals surface area contributed by atoms with Crippen molar-refractivity contribution in [1.82, 2.24) is 9.80 Å². The lowest BCUT2D eigenvalue weighted by Gasteiger charge is -2.34. The Balaban J connectivity index is 2.16. The topological polar surface area (TPSA) is 30.3 Å². The molecule has 1 aliphatic heterocycles. The fourth-order valence-electron chi connectivity index (χ4n) is 1.96. The smallest absolute Gasteiger partial charge is 0.106 e. The summed E-state index contributed by atoms with van der Waals surface area (Å²) < 4.78 is 0. The summed E-state index contributed by atoms with van der Waals surface area (Å²) in [7, 11) is 2.13. The van der Waals surface area contributed by atoms with Crippen LogP contribution in [0.25, 0.3) is 5.70 Å². The van der Waals surface area contributed by atoms with Gasteiger partial charge in [-0.25, -0.2) is 0 Å². The Morgan fingerprint density at radius 1 is 1.12 bits per heavy atom. The zero-order chi connectivity index (χ0) is 11.4. The van der Waals surface area contributed by atoms with Crippen LogP contribution in [0.5, 0.6) is 0 Å². The van der Waals surface area contributed by atoms with Crippen molar-refractivity contribution in [1.29, 1.82) is 5.41 Å². The summed E-state index contributed by atoms with van der Waals surface area (Å²) in [4.78, 5) is 4.55. The largest absolute Gasteiger partial charge is 0.361 e. The van der Waals surface area contributed by atoms with Crippen LogP contribution < -0.4 is 0 Å². The number of piperazine rings is 1. The monoisotopic (exact) mass is 215 g/mol. The molecule has 1 fully saturated rings. The molecule has 16 heavy (non-hydrogen) atoms. The van der Waals surface area contributed by atoms with Crippen molar-refractivity contribution < 1.29 is 0 Å². The number of nitrogens with zero attached hydrogens (tertiary/aromatic N) is 2. The van der Waals surface area contributed by atoms with Gasteiger partial charge >= 0.3 is 0 Å². The third kappa shape index (κ3) is 2.32. The van der Waals surface area contributed by atoms with Gasteiger partial charge in [0, 0.05) is 37.6 Å². The molecule has 1 aromatic rings. The number of benzene rings is 1. The second-order valence-electron chi connectivity index (χ2n) is 4.13. The highest BCUT2D eigenvalue weighted by molar-refractivity contribution is 5.87. The molecular formula is C13H17N3. The van der Waals surface area contributed by atoms with Gasteiger partial charge in [0.15, 0.2) is 0 Å². The van der Waals surface area contributed by atoms with Crippen LogP contribution in [0.15, 0.2) is 30.3 Å². The first kappa shape index (κ1) is 10.9. The molecule has 1 aromatic carbocycles. The number of nitrogens with one attached hydrogen (secondary N) is 1. The molecule has 0 aromatic heterocycles. The van der Waals surface area contributed by atoms with Gasteiger partial charge in [0.25, 0.3) is 0 Å². The van der Waals surface area contributed by atoms with Crippen LogP contribution in [0, 0.1) is 5.41 Å². The van der Waals surface area contributed by atoms with E-state index in [2.05, 4.69) is 22.7 Å². The molecule has 84 valence electrons. The van der Waals surface area contributed by atoms with Crippen LogP contribution in [-0.4, -0.2) is 48.9 Å². The summed E-state index contributed by atoms with van der Waals surface area (Å²) in [5, 5.41) is 7.44. The van der Waals surface area contributed by atoms with Crippen molar-refractivity contribution >= 4 is 11.6 Å². The van der Waals surface area contributed by atoms with E-state index in [0.717, 1.165) is 37.4 Å². The molecule has 1 heterocycles. The summed E-state index contributed by atoms with van der Waals surface area (Å²) in [6, 6.07) is 10.1. The Labute approximate surface area is 96.5 Å². The van der Waals surface area contributed by atoms with Crippen LogP contribution in [0.2, 0.25) is 0 Å². The zero-order valence-corrected chi connectivity index (χ0v) is 9.61. The van der Waals surface area contributed by atoms with Gasteiger partial charge in [0.05, 0.1) is 0 Å². The minimum absolute atomic E-state index is 0.911. The second kappa shape index (κ2) is 4.97. The van der Waals surface area contributed by atoms with Crippen molar-refractivity contribution in [3.8, 4) is 0 Å². The van der Waals surface area contributed by atoms with Gasteiger partial charge in [-0.1, -0.05) is 30.3 Å². The average molecular weight is 215 g/mol. The van der Waals surface area contributed by atoms with Gasteiger partial charge in [0.1, 0.15) is 5.70 Å². The Bertz CT molecular complexity index is 385. The molecule has 1 aliphatic rings. The quantitative estimate of drug-likeness (QED) is 0.758. The lowest BCUT2D eigenvalue weighted by molar-refractivity contribution is 0.208. The molecule has 2 rings (SSSR count). The van der Waals surface area contributed by atoms with E-state index in [4.69, 9.17) is 5.41 Å². The SMILES string of the molecule is CN1CCN(C(=C=N)c2ccccc2)CC1. The lowest BCUT2D eigenvalue weighted by atomic mass is 10.1. The predicted molar refractivity (Wildman–Crippen MR) is 66.6 cm³/mol. The molecule has 0 bridgehead atoms. The number of likely N-dealkylation sites (N-methyl/N-ethyl adjacent to an activating group) is 1. The number of hydrogen-bond acceptors (Lipinski definition) is 3. The van der Waals surface area contributed by atoms with E-state index in [9.17, 15) is 0 Å². The van der Waals surface area contributed by atoms with Crippen LogP contribution in [0.4, 0.5) is 0 Å². The molecular weight excluding hydrogens is 198 g/mol. The standard InChI is InChI=1S/C13H17N3/c1-15-7-9-16(10-8-15)13(11-14)12-5-3-2-4-6-12/h2-6,14H,7-10H2,1H3. The molecule has 0 atom stereocenters. The fraction of sp³-hybridized carbons (Fsp3) is 0.385. The normalized spacial score (nSPS) is 16.9. The predicted octanol–water partition coefficient (Wildman–Crippen LogP) is 1.52. The molecule has 1 saturated heterocycles. The van der Waals surface area contributed by atoms with E-state index in [1.807, 2.05) is 30.3 Å². The summed E-state index contributed by atoms with van der Waals surface area (Å²) in [5.41, 5.74) is 2.00. The van der Waals surface area contributed by atoms with Crippen LogP contribution in [-0.2, 0) is 0 Å². The molecule has 3 heteroatoms. The molecule has 0 amide bonds. The highest BCUT2D eigenvalue weighted by atomic mass is 15.2. The maximum Gasteiger partial charge on any atom is 0.106 e. The first-order chi connectivity index (χ1) is 7.81. The third-order valence-corrected chi connectivity index (χ3v) is 2.99. The average Bonchev–Trinajstić information content (AvgIpc) is 2.34. The zero-order valence-electron chi connectivity index (χ0n) is 9.61. The van der Waals surface area contributed by atoms with E-state index in [-0.39, 0.29) is 0 Å². The Morgan fingerprint density at radius 3 is 2.31 bits per heavy atom. The van der Waals surface area contributed by atoms with Gasteiger partial charge in [-0.3, -0.25) is 5.41 Å². The lowest BCUT2D eigenvalue weighted by Crippen LogP contribution is -2.43. The summed E-state index contributed by atoms with van der Waals surface area (Å²) in [5.74, 6) is 2.58. The van der Waals surface area contributed by atoms with E-state index < -0.39 is 0 Å². The van der Waals surface area contributed by atoms with E-state index in [1.54, 1.807) is 0 Å². The van der Waals surface area contributed by atoms with Crippen molar-refractivity contribution in [3.63, 3.8) is 0 Å². The molecule has 0 aliphatic carbocycles. The highest BCUT2D eigenvalue weighted by Crippen LogP contribution is 2.17. The Morgan fingerprint density at radius 2 is 1.75 bits per heavy atom. The molecule has 1 N–H and O–H groups in total. The third-order valence-electron chi connectivity index (χ3n) is 2.99. The van der Waals surface area contributed by atoms with Crippen molar-refractivity contribution in [3.05, 3.63) is 35.9 Å². The van der Waals surface area contributed by atoms with Crippen LogP contribution in [0.1, 0.15) is 5.56 Å². The Kier molecular flexibility index (Phi) is 3.40.